The first-order chi connectivity index (χ1) is 11.2. The van der Waals surface area contributed by atoms with Crippen LogP contribution >= 0.6 is 0 Å². The van der Waals surface area contributed by atoms with E-state index in [0.717, 1.165) is 24.7 Å². The molecule has 0 aromatic carbocycles. The van der Waals surface area contributed by atoms with E-state index in [-0.39, 0.29) is 0 Å². The number of hydrogen-bond acceptors (Lipinski definition) is 3. The number of nitrogens with one attached hydrogen (secondary N) is 2. The molecule has 1 saturated heterocycles. The van der Waals surface area contributed by atoms with E-state index in [9.17, 15) is 0 Å². The summed E-state index contributed by atoms with van der Waals surface area (Å²) >= 11 is 0. The van der Waals surface area contributed by atoms with Crippen molar-refractivity contribution < 1.29 is 0 Å². The van der Waals surface area contributed by atoms with Crippen LogP contribution in [-0.2, 0) is 6.54 Å². The first-order valence-electron chi connectivity index (χ1n) is 8.85. The summed E-state index contributed by atoms with van der Waals surface area (Å²) in [5.74, 6) is 1.59. The summed E-state index contributed by atoms with van der Waals surface area (Å²) in [6.45, 7) is 11.6. The lowest BCUT2D eigenvalue weighted by atomic mass is 9.97. The molecule has 5 nitrogen and oxygen atoms in total. The highest BCUT2D eigenvalue weighted by atomic mass is 15.2. The second-order valence-electron chi connectivity index (χ2n) is 6.49. The quantitative estimate of drug-likeness (QED) is 0.624. The van der Waals surface area contributed by atoms with Gasteiger partial charge >= 0.3 is 0 Å². The lowest BCUT2D eigenvalue weighted by molar-refractivity contribution is 0.141. The van der Waals surface area contributed by atoms with E-state index in [2.05, 4.69) is 46.3 Å². The van der Waals surface area contributed by atoms with Gasteiger partial charge in [-0.2, -0.15) is 0 Å². The van der Waals surface area contributed by atoms with Gasteiger partial charge in [0.25, 0.3) is 0 Å². The minimum Gasteiger partial charge on any atom is -0.357 e. The van der Waals surface area contributed by atoms with Crippen LogP contribution in [0.1, 0.15) is 39.3 Å². The molecule has 2 N–H and O–H groups in total. The Morgan fingerprint density at radius 2 is 2.26 bits per heavy atom. The van der Waals surface area contributed by atoms with Gasteiger partial charge in [0, 0.05) is 31.9 Å². The Morgan fingerprint density at radius 1 is 1.39 bits per heavy atom. The maximum Gasteiger partial charge on any atom is 0.191 e. The van der Waals surface area contributed by atoms with E-state index in [1.165, 1.54) is 25.9 Å². The zero-order chi connectivity index (χ0) is 16.5. The predicted octanol–water partition coefficient (Wildman–Crippen LogP) is 2.26. The molecule has 0 radical (unpaired) electrons. The van der Waals surface area contributed by atoms with Crippen molar-refractivity contribution in [1.82, 2.24) is 20.5 Å². The van der Waals surface area contributed by atoms with Crippen molar-refractivity contribution in [2.45, 2.75) is 46.2 Å². The van der Waals surface area contributed by atoms with Crippen LogP contribution < -0.4 is 10.6 Å². The Bertz CT molecular complexity index is 472. The maximum absolute atomic E-state index is 4.64. The molecule has 0 amide bonds. The number of hydrogen-bond donors (Lipinski definition) is 2. The van der Waals surface area contributed by atoms with Crippen LogP contribution in [0.15, 0.2) is 29.4 Å². The van der Waals surface area contributed by atoms with Crippen LogP contribution in [0.25, 0.3) is 0 Å². The third kappa shape index (κ3) is 6.18. The first-order valence-corrected chi connectivity index (χ1v) is 8.85. The van der Waals surface area contributed by atoms with Crippen LogP contribution in [0.2, 0.25) is 0 Å². The molecule has 1 aliphatic rings. The number of guanidine groups is 1. The molecule has 1 fully saturated rings. The Hall–Kier alpha value is -1.62. The Kier molecular flexibility index (Phi) is 7.33. The minimum atomic E-state index is 0.610. The van der Waals surface area contributed by atoms with E-state index in [0.29, 0.717) is 18.5 Å². The second kappa shape index (κ2) is 9.50. The average Bonchev–Trinajstić information content (AvgIpc) is 2.58. The van der Waals surface area contributed by atoms with Crippen molar-refractivity contribution >= 4 is 5.96 Å². The molecule has 0 spiro atoms. The maximum atomic E-state index is 4.64. The molecule has 1 aromatic heterocycles. The number of pyridine rings is 1. The fourth-order valence-corrected chi connectivity index (χ4v) is 2.97. The smallest absolute Gasteiger partial charge is 0.191 e. The molecule has 128 valence electrons. The summed E-state index contributed by atoms with van der Waals surface area (Å²) in [6.07, 6.45) is 4.41. The van der Waals surface area contributed by atoms with Crippen molar-refractivity contribution in [3.8, 4) is 0 Å². The zero-order valence-corrected chi connectivity index (χ0v) is 14.8. The summed E-state index contributed by atoms with van der Waals surface area (Å²) in [4.78, 5) is 11.5. The molecule has 2 rings (SSSR count). The zero-order valence-electron chi connectivity index (χ0n) is 14.8. The van der Waals surface area contributed by atoms with Gasteiger partial charge in [0.15, 0.2) is 5.96 Å². The molecule has 0 aliphatic carbocycles. The van der Waals surface area contributed by atoms with E-state index in [4.69, 9.17) is 0 Å². The Morgan fingerprint density at radius 3 is 2.96 bits per heavy atom. The van der Waals surface area contributed by atoms with Gasteiger partial charge in [0.1, 0.15) is 0 Å². The van der Waals surface area contributed by atoms with Crippen LogP contribution in [0.4, 0.5) is 0 Å². The molecule has 1 aliphatic heterocycles. The number of aromatic nitrogens is 1. The molecule has 5 heteroatoms. The molecule has 23 heavy (non-hydrogen) atoms. The van der Waals surface area contributed by atoms with Gasteiger partial charge < -0.3 is 15.5 Å². The molecule has 1 aromatic rings. The van der Waals surface area contributed by atoms with Crippen LogP contribution in [0.3, 0.4) is 0 Å². The lowest BCUT2D eigenvalue weighted by Gasteiger charge is -2.35. The highest BCUT2D eigenvalue weighted by Crippen LogP contribution is 2.17. The fraction of sp³-hybridized carbons (Fsp3) is 0.667. The monoisotopic (exact) mass is 317 g/mol. The van der Waals surface area contributed by atoms with Crippen molar-refractivity contribution in [3.05, 3.63) is 30.1 Å². The van der Waals surface area contributed by atoms with E-state index in [1.807, 2.05) is 24.4 Å². The van der Waals surface area contributed by atoms with E-state index >= 15 is 0 Å². The molecule has 0 bridgehead atoms. The Balaban J connectivity index is 1.84. The second-order valence-corrected chi connectivity index (χ2v) is 6.49. The van der Waals surface area contributed by atoms with Gasteiger partial charge in [-0.15, -0.1) is 0 Å². The summed E-state index contributed by atoms with van der Waals surface area (Å²) < 4.78 is 0. The van der Waals surface area contributed by atoms with Crippen molar-refractivity contribution in [1.29, 1.82) is 0 Å². The number of rotatable bonds is 6. The van der Waals surface area contributed by atoms with Crippen LogP contribution in [-0.4, -0.2) is 48.1 Å². The van der Waals surface area contributed by atoms with Gasteiger partial charge in [-0.05, 0) is 58.2 Å². The van der Waals surface area contributed by atoms with E-state index < -0.39 is 0 Å². The van der Waals surface area contributed by atoms with Gasteiger partial charge in [-0.25, -0.2) is 4.99 Å². The number of piperidine rings is 1. The standard InChI is InChI=1S/C18H31N5/c1-4-19-18(22-13-17-9-5-6-10-20-17)21-12-16-8-7-11-23(14-16)15(2)3/h5-6,9-10,15-16H,4,7-8,11-14H2,1-3H3,(H2,19,21,22). The summed E-state index contributed by atoms with van der Waals surface area (Å²) in [7, 11) is 0. The number of aliphatic imine (C=N–C) groups is 1. The summed E-state index contributed by atoms with van der Waals surface area (Å²) in [5.41, 5.74) is 0.994. The number of likely N-dealkylation sites (tertiary alicyclic amines) is 1. The minimum absolute atomic E-state index is 0.610. The molecular formula is C18H31N5. The highest BCUT2D eigenvalue weighted by Gasteiger charge is 2.21. The van der Waals surface area contributed by atoms with Gasteiger partial charge in [-0.1, -0.05) is 6.07 Å². The van der Waals surface area contributed by atoms with Crippen LogP contribution in [0.5, 0.6) is 0 Å². The first kappa shape index (κ1) is 17.7. The average molecular weight is 317 g/mol. The topological polar surface area (TPSA) is 52.6 Å². The van der Waals surface area contributed by atoms with E-state index in [1.54, 1.807) is 0 Å². The van der Waals surface area contributed by atoms with Gasteiger partial charge in [0.2, 0.25) is 0 Å². The summed E-state index contributed by atoms with van der Waals surface area (Å²) in [5, 5.41) is 6.83. The molecule has 1 unspecified atom stereocenters. The summed E-state index contributed by atoms with van der Waals surface area (Å²) in [6, 6.07) is 6.58. The van der Waals surface area contributed by atoms with Crippen molar-refractivity contribution in [2.24, 2.45) is 10.9 Å². The third-order valence-electron chi connectivity index (χ3n) is 4.31. The van der Waals surface area contributed by atoms with Crippen LogP contribution in [0, 0.1) is 5.92 Å². The SMILES string of the molecule is CCNC(=NCc1ccccn1)NCC1CCCN(C(C)C)C1. The lowest BCUT2D eigenvalue weighted by Crippen LogP contribution is -2.46. The van der Waals surface area contributed by atoms with Gasteiger partial charge in [-0.3, -0.25) is 4.98 Å². The van der Waals surface area contributed by atoms with Gasteiger partial charge in [0.05, 0.1) is 12.2 Å². The molecular weight excluding hydrogens is 286 g/mol. The molecule has 2 heterocycles. The highest BCUT2D eigenvalue weighted by molar-refractivity contribution is 5.79. The van der Waals surface area contributed by atoms with Crippen molar-refractivity contribution in [2.75, 3.05) is 26.2 Å². The fourth-order valence-electron chi connectivity index (χ4n) is 2.97. The number of nitrogens with zero attached hydrogens (tertiary/aromatic N) is 3. The largest absolute Gasteiger partial charge is 0.357 e. The normalized spacial score (nSPS) is 19.8. The molecule has 0 saturated carbocycles. The Labute approximate surface area is 140 Å². The van der Waals surface area contributed by atoms with Crippen molar-refractivity contribution in [3.63, 3.8) is 0 Å². The predicted molar refractivity (Wildman–Crippen MR) is 96.5 cm³/mol. The third-order valence-corrected chi connectivity index (χ3v) is 4.31. The molecule has 1 atom stereocenters.